The van der Waals surface area contributed by atoms with Gasteiger partial charge in [0.25, 0.3) is 5.91 Å². The summed E-state index contributed by atoms with van der Waals surface area (Å²) in [6, 6.07) is 17.6. The molecule has 0 saturated carbocycles. The fourth-order valence-corrected chi connectivity index (χ4v) is 3.05. The first-order valence-electron chi connectivity index (χ1n) is 8.39. The van der Waals surface area contributed by atoms with Crippen LogP contribution in [0.25, 0.3) is 10.8 Å². The summed E-state index contributed by atoms with van der Waals surface area (Å²) in [6.45, 7) is 3.05. The highest BCUT2D eigenvalue weighted by atomic mass is 16.5. The zero-order chi connectivity index (χ0) is 17.1. The third-order valence-corrected chi connectivity index (χ3v) is 4.37. The van der Waals surface area contributed by atoms with Crippen LogP contribution in [0.15, 0.2) is 60.8 Å². The number of anilines is 2. The van der Waals surface area contributed by atoms with E-state index in [0.717, 1.165) is 35.2 Å². The van der Waals surface area contributed by atoms with Crippen LogP contribution in [0, 0.1) is 0 Å². The van der Waals surface area contributed by atoms with Crippen molar-refractivity contribution in [3.05, 3.63) is 66.5 Å². The lowest BCUT2D eigenvalue weighted by atomic mass is 10.1. The summed E-state index contributed by atoms with van der Waals surface area (Å²) in [4.78, 5) is 19.2. The number of aromatic nitrogens is 1. The van der Waals surface area contributed by atoms with Crippen molar-refractivity contribution in [2.45, 2.75) is 0 Å². The van der Waals surface area contributed by atoms with Crippen LogP contribution in [0.3, 0.4) is 0 Å². The molecular formula is C20H19N3O2. The van der Waals surface area contributed by atoms with E-state index in [1.807, 2.05) is 54.6 Å². The Bertz CT molecular complexity index is 904. The Hall–Kier alpha value is -2.92. The molecule has 1 saturated heterocycles. The molecule has 1 amide bonds. The van der Waals surface area contributed by atoms with Crippen molar-refractivity contribution in [3.8, 4) is 0 Å². The first-order chi connectivity index (χ1) is 12.3. The Kier molecular flexibility index (Phi) is 4.31. The van der Waals surface area contributed by atoms with E-state index in [4.69, 9.17) is 4.74 Å². The lowest BCUT2D eigenvalue weighted by Crippen LogP contribution is -2.36. The Labute approximate surface area is 146 Å². The SMILES string of the molecule is O=C(Nc1ccccc1N1CCOCC1)c1cc2ccccc2cn1. The van der Waals surface area contributed by atoms with Crippen molar-refractivity contribution in [3.63, 3.8) is 0 Å². The normalized spacial score (nSPS) is 14.5. The molecule has 2 heterocycles. The fraction of sp³-hybridized carbons (Fsp3) is 0.200. The summed E-state index contributed by atoms with van der Waals surface area (Å²) in [5, 5.41) is 5.03. The van der Waals surface area contributed by atoms with Crippen LogP contribution in [-0.4, -0.2) is 37.2 Å². The van der Waals surface area contributed by atoms with E-state index in [0.29, 0.717) is 18.9 Å². The van der Waals surface area contributed by atoms with Gasteiger partial charge in [-0.05, 0) is 23.6 Å². The van der Waals surface area contributed by atoms with Crippen LogP contribution < -0.4 is 10.2 Å². The minimum absolute atomic E-state index is 0.202. The molecule has 25 heavy (non-hydrogen) atoms. The van der Waals surface area contributed by atoms with Crippen molar-refractivity contribution < 1.29 is 9.53 Å². The second-order valence-corrected chi connectivity index (χ2v) is 5.99. The number of nitrogens with zero attached hydrogens (tertiary/aromatic N) is 2. The van der Waals surface area contributed by atoms with Crippen LogP contribution in [0.2, 0.25) is 0 Å². The maximum atomic E-state index is 12.7. The monoisotopic (exact) mass is 333 g/mol. The number of rotatable bonds is 3. The highest BCUT2D eigenvalue weighted by molar-refractivity contribution is 6.06. The smallest absolute Gasteiger partial charge is 0.274 e. The van der Waals surface area contributed by atoms with Gasteiger partial charge in [-0.2, -0.15) is 0 Å². The Balaban J connectivity index is 1.59. The lowest BCUT2D eigenvalue weighted by molar-refractivity contribution is 0.102. The van der Waals surface area contributed by atoms with Crippen molar-refractivity contribution in [1.29, 1.82) is 0 Å². The van der Waals surface area contributed by atoms with Crippen molar-refractivity contribution >= 4 is 28.1 Å². The molecule has 0 aliphatic carbocycles. The van der Waals surface area contributed by atoms with Crippen LogP contribution in [0.4, 0.5) is 11.4 Å². The maximum Gasteiger partial charge on any atom is 0.274 e. The van der Waals surface area contributed by atoms with Crippen LogP contribution in [0.5, 0.6) is 0 Å². The molecule has 0 atom stereocenters. The third-order valence-electron chi connectivity index (χ3n) is 4.37. The number of benzene rings is 2. The molecular weight excluding hydrogens is 314 g/mol. The van der Waals surface area contributed by atoms with E-state index < -0.39 is 0 Å². The van der Waals surface area contributed by atoms with Gasteiger partial charge in [-0.1, -0.05) is 36.4 Å². The molecule has 1 aliphatic heterocycles. The predicted octanol–water partition coefficient (Wildman–Crippen LogP) is 3.32. The Morgan fingerprint density at radius 3 is 2.56 bits per heavy atom. The molecule has 5 heteroatoms. The second kappa shape index (κ2) is 6.91. The van der Waals surface area contributed by atoms with E-state index in [2.05, 4.69) is 15.2 Å². The standard InChI is InChI=1S/C20H19N3O2/c24-20(18-13-15-5-1-2-6-16(15)14-21-18)22-17-7-3-4-8-19(17)23-9-11-25-12-10-23/h1-8,13-14H,9-12H2,(H,22,24). The number of ether oxygens (including phenoxy) is 1. The molecule has 1 fully saturated rings. The molecule has 3 aromatic rings. The summed E-state index contributed by atoms with van der Waals surface area (Å²) in [7, 11) is 0. The van der Waals surface area contributed by atoms with E-state index in [9.17, 15) is 4.79 Å². The fourth-order valence-electron chi connectivity index (χ4n) is 3.05. The summed E-state index contributed by atoms with van der Waals surface area (Å²) in [6.07, 6.45) is 1.73. The highest BCUT2D eigenvalue weighted by Gasteiger charge is 2.16. The Morgan fingerprint density at radius 2 is 1.72 bits per heavy atom. The zero-order valence-corrected chi connectivity index (χ0v) is 13.8. The van der Waals surface area contributed by atoms with Gasteiger partial charge in [0.1, 0.15) is 5.69 Å². The first kappa shape index (κ1) is 15.6. The molecule has 5 nitrogen and oxygen atoms in total. The lowest BCUT2D eigenvalue weighted by Gasteiger charge is -2.30. The third kappa shape index (κ3) is 3.32. The zero-order valence-electron chi connectivity index (χ0n) is 13.8. The first-order valence-corrected chi connectivity index (χ1v) is 8.39. The summed E-state index contributed by atoms with van der Waals surface area (Å²) in [5.41, 5.74) is 2.22. The van der Waals surface area contributed by atoms with E-state index in [-0.39, 0.29) is 5.91 Å². The van der Waals surface area contributed by atoms with Crippen LogP contribution in [-0.2, 0) is 4.74 Å². The highest BCUT2D eigenvalue weighted by Crippen LogP contribution is 2.27. The number of carbonyl (C=O) groups is 1. The molecule has 4 rings (SSSR count). The van der Waals surface area contributed by atoms with Gasteiger partial charge in [0.15, 0.2) is 0 Å². The van der Waals surface area contributed by atoms with Gasteiger partial charge in [-0.3, -0.25) is 9.78 Å². The van der Waals surface area contributed by atoms with Crippen molar-refractivity contribution in [1.82, 2.24) is 4.98 Å². The molecule has 126 valence electrons. The number of morpholine rings is 1. The number of amides is 1. The van der Waals surface area contributed by atoms with E-state index in [1.54, 1.807) is 6.20 Å². The number of pyridine rings is 1. The quantitative estimate of drug-likeness (QED) is 0.799. The molecule has 0 unspecified atom stereocenters. The minimum atomic E-state index is -0.202. The number of fused-ring (bicyclic) bond motifs is 1. The van der Waals surface area contributed by atoms with Crippen molar-refractivity contribution in [2.75, 3.05) is 36.5 Å². The van der Waals surface area contributed by atoms with Crippen LogP contribution in [0.1, 0.15) is 10.5 Å². The number of hydrogen-bond acceptors (Lipinski definition) is 4. The van der Waals surface area contributed by atoms with Crippen LogP contribution >= 0.6 is 0 Å². The van der Waals surface area contributed by atoms with Gasteiger partial charge in [0, 0.05) is 24.7 Å². The maximum absolute atomic E-state index is 12.7. The Morgan fingerprint density at radius 1 is 1.00 bits per heavy atom. The molecule has 2 aromatic carbocycles. The molecule has 1 aromatic heterocycles. The molecule has 0 radical (unpaired) electrons. The second-order valence-electron chi connectivity index (χ2n) is 5.99. The number of nitrogens with one attached hydrogen (secondary N) is 1. The molecule has 0 spiro atoms. The number of para-hydroxylation sites is 2. The van der Waals surface area contributed by atoms with E-state index in [1.165, 1.54) is 0 Å². The van der Waals surface area contributed by atoms with Gasteiger partial charge in [0.2, 0.25) is 0 Å². The van der Waals surface area contributed by atoms with Gasteiger partial charge in [0.05, 0.1) is 24.6 Å². The van der Waals surface area contributed by atoms with Gasteiger partial charge < -0.3 is 15.0 Å². The largest absolute Gasteiger partial charge is 0.378 e. The average Bonchev–Trinajstić information content (AvgIpc) is 2.68. The topological polar surface area (TPSA) is 54.5 Å². The van der Waals surface area contributed by atoms with Gasteiger partial charge in [-0.25, -0.2) is 0 Å². The van der Waals surface area contributed by atoms with Gasteiger partial charge in [-0.15, -0.1) is 0 Å². The number of hydrogen-bond donors (Lipinski definition) is 1. The van der Waals surface area contributed by atoms with Crippen molar-refractivity contribution in [2.24, 2.45) is 0 Å². The minimum Gasteiger partial charge on any atom is -0.378 e. The molecule has 1 aliphatic rings. The van der Waals surface area contributed by atoms with E-state index >= 15 is 0 Å². The predicted molar refractivity (Wildman–Crippen MR) is 99.2 cm³/mol. The molecule has 0 bridgehead atoms. The summed E-state index contributed by atoms with van der Waals surface area (Å²) < 4.78 is 5.41. The average molecular weight is 333 g/mol. The number of carbonyl (C=O) groups excluding carboxylic acids is 1. The molecule has 1 N–H and O–H groups in total. The summed E-state index contributed by atoms with van der Waals surface area (Å²) >= 11 is 0. The van der Waals surface area contributed by atoms with Gasteiger partial charge >= 0.3 is 0 Å². The summed E-state index contributed by atoms with van der Waals surface area (Å²) in [5.74, 6) is -0.202.